The van der Waals surface area contributed by atoms with E-state index in [-0.39, 0.29) is 0 Å². The molecule has 0 spiro atoms. The van der Waals surface area contributed by atoms with Crippen molar-refractivity contribution in [3.05, 3.63) is 24.5 Å². The summed E-state index contributed by atoms with van der Waals surface area (Å²) in [7, 11) is -6.00. The Hall–Kier alpha value is -1.27. The van der Waals surface area contributed by atoms with Gasteiger partial charge in [-0.05, 0) is 0 Å². The second kappa shape index (κ2) is 4.58. The van der Waals surface area contributed by atoms with Crippen LogP contribution in [0.2, 0.25) is 0 Å². The van der Waals surface area contributed by atoms with E-state index in [0.29, 0.717) is 5.75 Å². The molecule has 1 aromatic rings. The second-order valence-electron chi connectivity index (χ2n) is 1.75. The maximum absolute atomic E-state index is 9.75. The number of halogens is 4. The van der Waals surface area contributed by atoms with Crippen molar-refractivity contribution in [2.75, 3.05) is 0 Å². The number of hydrogen-bond acceptors (Lipinski definition) is 1. The maximum atomic E-state index is 9.75. The molecule has 0 saturated heterocycles. The first-order chi connectivity index (χ1) is 5.39. The van der Waals surface area contributed by atoms with E-state index in [1.165, 1.54) is 0 Å². The minimum Gasteiger partial charge on any atom is -0.507 e. The van der Waals surface area contributed by atoms with Gasteiger partial charge in [-0.25, -0.2) is 4.98 Å². The summed E-state index contributed by atoms with van der Waals surface area (Å²) in [4.78, 5) is 2.77. The van der Waals surface area contributed by atoms with Gasteiger partial charge in [0.15, 0.2) is 12.4 Å². The molecule has 0 amide bonds. The molecule has 0 aliphatic rings. The first-order valence-electron chi connectivity index (χ1n) is 2.92. The minimum absolute atomic E-state index is 0.291. The number of aromatic nitrogens is 1. The highest BCUT2D eigenvalue weighted by molar-refractivity contribution is 6.50. The second-order valence-corrected chi connectivity index (χ2v) is 1.75. The molecule has 0 aliphatic carbocycles. The zero-order valence-electron chi connectivity index (χ0n) is 5.85. The maximum Gasteiger partial charge on any atom is 0.673 e. The van der Waals surface area contributed by atoms with Crippen molar-refractivity contribution >= 4 is 7.25 Å². The molecule has 0 bridgehead atoms. The molecule has 0 saturated carbocycles. The van der Waals surface area contributed by atoms with E-state index in [0.717, 1.165) is 0 Å². The third-order valence-electron chi connectivity index (χ3n) is 0.701. The summed E-state index contributed by atoms with van der Waals surface area (Å²) in [5, 5.41) is 8.61. The molecule has 0 radical (unpaired) electrons. The molecule has 1 rings (SSSR count). The molecule has 0 fully saturated rings. The standard InChI is InChI=1S/C5H5NO.BF4/c7-5-1-3-6-4-2-5;2-1(3,4)5/h1-4H,(H,6,7);/q;-1/p+1. The number of aromatic hydroxyl groups is 1. The van der Waals surface area contributed by atoms with Crippen LogP contribution in [0.1, 0.15) is 0 Å². The first kappa shape index (κ1) is 10.7. The van der Waals surface area contributed by atoms with Crippen molar-refractivity contribution < 1.29 is 27.4 Å². The van der Waals surface area contributed by atoms with Crippen LogP contribution in [0, 0.1) is 0 Å². The van der Waals surface area contributed by atoms with Crippen LogP contribution in [0.15, 0.2) is 24.5 Å². The Kier molecular flexibility index (Phi) is 4.10. The Balaban J connectivity index is 0.000000217. The molecule has 0 aromatic carbocycles. The van der Waals surface area contributed by atoms with Crippen molar-refractivity contribution in [2.45, 2.75) is 0 Å². The quantitative estimate of drug-likeness (QED) is 0.479. The van der Waals surface area contributed by atoms with Crippen molar-refractivity contribution in [2.24, 2.45) is 0 Å². The molecule has 1 aromatic heterocycles. The Labute approximate surface area is 66.0 Å². The summed E-state index contributed by atoms with van der Waals surface area (Å²) in [5.74, 6) is 0.291. The van der Waals surface area contributed by atoms with Gasteiger partial charge in [0, 0.05) is 12.1 Å². The lowest BCUT2D eigenvalue weighted by Crippen LogP contribution is -2.02. The third-order valence-corrected chi connectivity index (χ3v) is 0.701. The summed E-state index contributed by atoms with van der Waals surface area (Å²) in [6.45, 7) is 0. The van der Waals surface area contributed by atoms with Crippen LogP contribution >= 0.6 is 0 Å². The summed E-state index contributed by atoms with van der Waals surface area (Å²) >= 11 is 0. The third kappa shape index (κ3) is 11.5. The van der Waals surface area contributed by atoms with Crippen LogP contribution < -0.4 is 4.98 Å². The Morgan fingerprint density at radius 1 is 1.08 bits per heavy atom. The van der Waals surface area contributed by atoms with Crippen LogP contribution in [0.25, 0.3) is 0 Å². The number of hydrogen-bond donors (Lipinski definition) is 1. The molecular weight excluding hydrogens is 177 g/mol. The molecule has 12 heavy (non-hydrogen) atoms. The van der Waals surface area contributed by atoms with Crippen LogP contribution in [-0.2, 0) is 0 Å². The highest BCUT2D eigenvalue weighted by atomic mass is 19.5. The molecule has 0 atom stereocenters. The van der Waals surface area contributed by atoms with Crippen molar-refractivity contribution in [1.82, 2.24) is 0 Å². The largest absolute Gasteiger partial charge is 0.673 e. The van der Waals surface area contributed by atoms with Gasteiger partial charge in [0.25, 0.3) is 0 Å². The molecule has 68 valence electrons. The van der Waals surface area contributed by atoms with Crippen LogP contribution in [0.4, 0.5) is 17.3 Å². The number of nitrogens with one attached hydrogen (secondary N) is 1. The fraction of sp³-hybridized carbons (Fsp3) is 0. The predicted molar refractivity (Wildman–Crippen MR) is 34.8 cm³/mol. The predicted octanol–water partition coefficient (Wildman–Crippen LogP) is 1.51. The lowest BCUT2D eigenvalue weighted by Gasteiger charge is -1.94. The highest BCUT2D eigenvalue weighted by Crippen LogP contribution is 2.06. The normalized spacial score (nSPS) is 10.0. The average molecular weight is 183 g/mol. The van der Waals surface area contributed by atoms with E-state index in [9.17, 15) is 17.3 Å². The van der Waals surface area contributed by atoms with E-state index in [2.05, 4.69) is 4.98 Å². The fourth-order valence-corrected chi connectivity index (χ4v) is 0.378. The number of rotatable bonds is 0. The van der Waals surface area contributed by atoms with Gasteiger partial charge in [-0.15, -0.1) is 0 Å². The summed E-state index contributed by atoms with van der Waals surface area (Å²) in [6.07, 6.45) is 3.32. The van der Waals surface area contributed by atoms with Crippen LogP contribution in [-0.4, -0.2) is 12.4 Å². The Morgan fingerprint density at radius 3 is 1.58 bits per heavy atom. The Bertz CT molecular complexity index is 208. The lowest BCUT2D eigenvalue weighted by molar-refractivity contribution is -0.378. The first-order valence-corrected chi connectivity index (χ1v) is 2.92. The van der Waals surface area contributed by atoms with E-state index >= 15 is 0 Å². The van der Waals surface area contributed by atoms with Gasteiger partial charge in [-0.1, -0.05) is 0 Å². The van der Waals surface area contributed by atoms with Gasteiger partial charge in [0.05, 0.1) is 0 Å². The van der Waals surface area contributed by atoms with Gasteiger partial charge in [0.1, 0.15) is 5.75 Å². The molecule has 0 unspecified atom stereocenters. The van der Waals surface area contributed by atoms with Crippen molar-refractivity contribution in [3.8, 4) is 5.75 Å². The van der Waals surface area contributed by atoms with Gasteiger partial charge < -0.3 is 22.4 Å². The lowest BCUT2D eigenvalue weighted by atomic mass is 10.3. The Morgan fingerprint density at radius 2 is 1.42 bits per heavy atom. The average Bonchev–Trinajstić information content (AvgIpc) is 1.85. The zero-order chi connectivity index (χ0) is 9.61. The van der Waals surface area contributed by atoms with Gasteiger partial charge in [-0.2, -0.15) is 0 Å². The minimum atomic E-state index is -6.00. The molecule has 1 heterocycles. The van der Waals surface area contributed by atoms with Crippen LogP contribution in [0.3, 0.4) is 0 Å². The zero-order valence-corrected chi connectivity index (χ0v) is 5.85. The molecule has 0 aliphatic heterocycles. The van der Waals surface area contributed by atoms with E-state index < -0.39 is 7.25 Å². The fourth-order valence-electron chi connectivity index (χ4n) is 0.378. The van der Waals surface area contributed by atoms with E-state index in [1.54, 1.807) is 24.5 Å². The molecule has 2 N–H and O–H groups in total. The van der Waals surface area contributed by atoms with E-state index in [1.807, 2.05) is 0 Å². The number of aromatic amines is 1. The van der Waals surface area contributed by atoms with Crippen molar-refractivity contribution in [3.63, 3.8) is 0 Å². The van der Waals surface area contributed by atoms with Crippen molar-refractivity contribution in [1.29, 1.82) is 0 Å². The van der Waals surface area contributed by atoms with E-state index in [4.69, 9.17) is 5.11 Å². The topological polar surface area (TPSA) is 34.4 Å². The number of H-pyrrole nitrogens is 1. The van der Waals surface area contributed by atoms with Gasteiger partial charge >= 0.3 is 7.25 Å². The van der Waals surface area contributed by atoms with Crippen LogP contribution in [0.5, 0.6) is 5.75 Å². The van der Waals surface area contributed by atoms with Gasteiger partial charge in [0.2, 0.25) is 0 Å². The summed E-state index contributed by atoms with van der Waals surface area (Å²) in [6, 6.07) is 3.17. The monoisotopic (exact) mass is 183 g/mol. The molecule has 7 heteroatoms. The highest BCUT2D eigenvalue weighted by Gasteiger charge is 2.20. The molecular formula is C5H6BF4NO. The summed E-state index contributed by atoms with van der Waals surface area (Å²) < 4.78 is 39.0. The number of pyridine rings is 1. The van der Waals surface area contributed by atoms with Gasteiger partial charge in [-0.3, -0.25) is 0 Å². The smallest absolute Gasteiger partial charge is 0.507 e. The molecule has 2 nitrogen and oxygen atoms in total. The SMILES string of the molecule is F[B-](F)(F)F.Oc1cc[nH+]cc1. The summed E-state index contributed by atoms with van der Waals surface area (Å²) in [5.41, 5.74) is 0.